The summed E-state index contributed by atoms with van der Waals surface area (Å²) in [6.07, 6.45) is 4.59. The zero-order chi connectivity index (χ0) is 22.6. The van der Waals surface area contributed by atoms with Crippen LogP contribution in [0.5, 0.6) is 5.75 Å². The SMILES string of the molecule is COc1ccc2cc([C@@H](c3nnnn3Cc3ccccc3)N3CCCCCC3)c(=O)[nH]c2c1. The van der Waals surface area contributed by atoms with Crippen molar-refractivity contribution in [1.29, 1.82) is 0 Å². The summed E-state index contributed by atoms with van der Waals surface area (Å²) in [6.45, 7) is 2.36. The Bertz CT molecular complexity index is 1280. The molecule has 1 aliphatic heterocycles. The van der Waals surface area contributed by atoms with Crippen LogP contribution in [-0.2, 0) is 6.54 Å². The van der Waals surface area contributed by atoms with Gasteiger partial charge < -0.3 is 9.72 Å². The van der Waals surface area contributed by atoms with E-state index in [1.807, 2.05) is 47.1 Å². The highest BCUT2D eigenvalue weighted by Crippen LogP contribution is 2.30. The van der Waals surface area contributed by atoms with Gasteiger partial charge in [0.2, 0.25) is 0 Å². The maximum Gasteiger partial charge on any atom is 0.253 e. The fraction of sp³-hybridized carbons (Fsp3) is 0.360. The van der Waals surface area contributed by atoms with Crippen molar-refractivity contribution in [1.82, 2.24) is 30.1 Å². The number of nitrogens with zero attached hydrogens (tertiary/aromatic N) is 5. The molecule has 0 aliphatic carbocycles. The van der Waals surface area contributed by atoms with Crippen LogP contribution in [-0.4, -0.2) is 50.3 Å². The number of hydrogen-bond acceptors (Lipinski definition) is 6. The molecule has 1 atom stereocenters. The summed E-state index contributed by atoms with van der Waals surface area (Å²) < 4.78 is 7.14. The fourth-order valence-corrected chi connectivity index (χ4v) is 4.66. The van der Waals surface area contributed by atoms with Gasteiger partial charge in [0.05, 0.1) is 19.2 Å². The molecule has 1 aliphatic rings. The van der Waals surface area contributed by atoms with Crippen molar-refractivity contribution >= 4 is 10.9 Å². The minimum Gasteiger partial charge on any atom is -0.497 e. The van der Waals surface area contributed by atoms with Crippen molar-refractivity contribution < 1.29 is 4.74 Å². The summed E-state index contributed by atoms with van der Waals surface area (Å²) in [5, 5.41) is 13.7. The van der Waals surface area contributed by atoms with E-state index in [1.54, 1.807) is 7.11 Å². The molecule has 3 heterocycles. The first kappa shape index (κ1) is 21.3. The molecule has 1 N–H and O–H groups in total. The maximum atomic E-state index is 13.4. The van der Waals surface area contributed by atoms with Crippen LogP contribution >= 0.6 is 0 Å². The first-order valence-corrected chi connectivity index (χ1v) is 11.5. The largest absolute Gasteiger partial charge is 0.497 e. The number of likely N-dealkylation sites (tertiary alicyclic amines) is 1. The van der Waals surface area contributed by atoms with E-state index in [-0.39, 0.29) is 11.6 Å². The van der Waals surface area contributed by atoms with Gasteiger partial charge >= 0.3 is 0 Å². The Balaban J connectivity index is 1.61. The second-order valence-corrected chi connectivity index (χ2v) is 8.54. The predicted molar refractivity (Wildman–Crippen MR) is 126 cm³/mol. The lowest BCUT2D eigenvalue weighted by Gasteiger charge is -2.29. The Kier molecular flexibility index (Phi) is 6.17. The quantitative estimate of drug-likeness (QED) is 0.489. The third-order valence-electron chi connectivity index (χ3n) is 6.36. The number of pyridine rings is 1. The van der Waals surface area contributed by atoms with Crippen LogP contribution in [0.15, 0.2) is 59.4 Å². The van der Waals surface area contributed by atoms with Gasteiger partial charge in [-0.2, -0.15) is 0 Å². The number of tetrazole rings is 1. The van der Waals surface area contributed by atoms with Gasteiger partial charge in [-0.05, 0) is 65.5 Å². The molecule has 170 valence electrons. The van der Waals surface area contributed by atoms with Gasteiger partial charge in [0.15, 0.2) is 5.82 Å². The number of aromatic amines is 1. The lowest BCUT2D eigenvalue weighted by Crippen LogP contribution is -2.36. The van der Waals surface area contributed by atoms with Crippen molar-refractivity contribution in [3.05, 3.63) is 81.9 Å². The number of rotatable bonds is 6. The number of hydrogen-bond donors (Lipinski definition) is 1. The predicted octanol–water partition coefficient (Wildman–Crippen LogP) is 3.54. The molecule has 8 heteroatoms. The molecule has 0 radical (unpaired) electrons. The number of methoxy groups -OCH3 is 1. The lowest BCUT2D eigenvalue weighted by atomic mass is 10.0. The lowest BCUT2D eigenvalue weighted by molar-refractivity contribution is 0.220. The zero-order valence-corrected chi connectivity index (χ0v) is 18.8. The van der Waals surface area contributed by atoms with Crippen LogP contribution < -0.4 is 10.3 Å². The normalized spacial score (nSPS) is 15.9. The van der Waals surface area contributed by atoms with Crippen molar-refractivity contribution in [2.24, 2.45) is 0 Å². The van der Waals surface area contributed by atoms with E-state index in [9.17, 15) is 4.79 Å². The van der Waals surface area contributed by atoms with Crippen molar-refractivity contribution in [2.45, 2.75) is 38.3 Å². The van der Waals surface area contributed by atoms with Crippen molar-refractivity contribution in [3.63, 3.8) is 0 Å². The van der Waals surface area contributed by atoms with Gasteiger partial charge in [-0.3, -0.25) is 9.69 Å². The van der Waals surface area contributed by atoms with Crippen molar-refractivity contribution in [3.8, 4) is 5.75 Å². The summed E-state index contributed by atoms with van der Waals surface area (Å²) in [7, 11) is 1.62. The fourth-order valence-electron chi connectivity index (χ4n) is 4.66. The third kappa shape index (κ3) is 4.52. The van der Waals surface area contributed by atoms with Gasteiger partial charge in [-0.1, -0.05) is 43.2 Å². The number of H-pyrrole nitrogens is 1. The molecule has 1 saturated heterocycles. The van der Waals surface area contributed by atoms with E-state index in [1.165, 1.54) is 12.8 Å². The van der Waals surface area contributed by atoms with Crippen LogP contribution in [0.3, 0.4) is 0 Å². The second-order valence-electron chi connectivity index (χ2n) is 8.54. The second kappa shape index (κ2) is 9.54. The van der Waals surface area contributed by atoms with E-state index in [0.29, 0.717) is 23.7 Å². The first-order valence-electron chi connectivity index (χ1n) is 11.5. The minimum atomic E-state index is -0.322. The van der Waals surface area contributed by atoms with Crippen LogP contribution in [0.2, 0.25) is 0 Å². The molecule has 5 rings (SSSR count). The average molecular weight is 445 g/mol. The highest BCUT2D eigenvalue weighted by Gasteiger charge is 2.30. The molecule has 0 bridgehead atoms. The minimum absolute atomic E-state index is 0.126. The van der Waals surface area contributed by atoms with Gasteiger partial charge in [-0.25, -0.2) is 4.68 Å². The number of nitrogens with one attached hydrogen (secondary N) is 1. The smallest absolute Gasteiger partial charge is 0.253 e. The molecular weight excluding hydrogens is 416 g/mol. The van der Waals surface area contributed by atoms with E-state index in [0.717, 1.165) is 42.4 Å². The summed E-state index contributed by atoms with van der Waals surface area (Å²) >= 11 is 0. The van der Waals surface area contributed by atoms with Crippen LogP contribution in [0, 0.1) is 0 Å². The van der Waals surface area contributed by atoms with Crippen LogP contribution in [0.25, 0.3) is 10.9 Å². The van der Waals surface area contributed by atoms with E-state index < -0.39 is 0 Å². The molecule has 2 aromatic carbocycles. The van der Waals surface area contributed by atoms with Crippen LogP contribution in [0.4, 0.5) is 0 Å². The molecule has 4 aromatic rings. The highest BCUT2D eigenvalue weighted by atomic mass is 16.5. The maximum absolute atomic E-state index is 13.4. The number of aromatic nitrogens is 5. The Labute approximate surface area is 192 Å². The third-order valence-corrected chi connectivity index (χ3v) is 6.36. The summed E-state index contributed by atoms with van der Waals surface area (Å²) in [5.41, 5.74) is 2.40. The summed E-state index contributed by atoms with van der Waals surface area (Å²) in [5.74, 6) is 1.40. The standard InChI is InChI=1S/C25H28N6O2/c1-33-20-12-11-19-15-21(25(32)26-22(19)16-20)23(30-13-7-2-3-8-14-30)24-27-28-29-31(24)17-18-9-5-4-6-10-18/h4-6,9-12,15-16,23H,2-3,7-8,13-14,17H2,1H3,(H,26,32)/t23-/m0/s1. The first-order chi connectivity index (χ1) is 16.2. The molecule has 33 heavy (non-hydrogen) atoms. The van der Waals surface area contributed by atoms with E-state index in [4.69, 9.17) is 4.74 Å². The van der Waals surface area contributed by atoms with Gasteiger partial charge in [-0.15, -0.1) is 5.10 Å². The molecular formula is C25H28N6O2. The number of fused-ring (bicyclic) bond motifs is 1. The van der Waals surface area contributed by atoms with E-state index >= 15 is 0 Å². The molecule has 2 aromatic heterocycles. The van der Waals surface area contributed by atoms with Gasteiger partial charge in [0.1, 0.15) is 11.8 Å². The number of benzene rings is 2. The Morgan fingerprint density at radius 2 is 1.82 bits per heavy atom. The average Bonchev–Trinajstić information content (AvgIpc) is 3.11. The summed E-state index contributed by atoms with van der Waals surface area (Å²) in [4.78, 5) is 18.8. The Hall–Kier alpha value is -3.52. The molecule has 0 saturated carbocycles. The molecule has 1 fully saturated rings. The number of ether oxygens (including phenoxy) is 1. The monoisotopic (exact) mass is 444 g/mol. The van der Waals surface area contributed by atoms with Gasteiger partial charge in [0, 0.05) is 11.6 Å². The molecule has 0 unspecified atom stereocenters. The zero-order valence-electron chi connectivity index (χ0n) is 18.8. The topological polar surface area (TPSA) is 88.9 Å². The van der Waals surface area contributed by atoms with Crippen molar-refractivity contribution in [2.75, 3.05) is 20.2 Å². The Morgan fingerprint density at radius 3 is 2.58 bits per heavy atom. The van der Waals surface area contributed by atoms with E-state index in [2.05, 4.69) is 37.5 Å². The van der Waals surface area contributed by atoms with Crippen LogP contribution in [0.1, 0.15) is 48.7 Å². The summed E-state index contributed by atoms with van der Waals surface area (Å²) in [6, 6.07) is 17.5. The highest BCUT2D eigenvalue weighted by molar-refractivity contribution is 5.80. The molecule has 0 amide bonds. The Morgan fingerprint density at radius 1 is 1.03 bits per heavy atom. The van der Waals surface area contributed by atoms with Gasteiger partial charge in [0.25, 0.3) is 5.56 Å². The molecule has 8 nitrogen and oxygen atoms in total. The molecule has 0 spiro atoms.